The topological polar surface area (TPSA) is 96.6 Å². The molecule has 1 aromatic carbocycles. The van der Waals surface area contributed by atoms with Gasteiger partial charge in [0.1, 0.15) is 0 Å². The molecule has 0 spiro atoms. The zero-order valence-corrected chi connectivity index (χ0v) is 15.3. The molecule has 1 heterocycles. The molecule has 1 atom stereocenters. The van der Waals surface area contributed by atoms with Gasteiger partial charge in [-0.3, -0.25) is 4.99 Å². The summed E-state index contributed by atoms with van der Waals surface area (Å²) < 4.78 is 22.8. The second-order valence-corrected chi connectivity index (χ2v) is 7.96. The predicted molar refractivity (Wildman–Crippen MR) is 98.8 cm³/mol. The van der Waals surface area contributed by atoms with Crippen LogP contribution in [0.2, 0.25) is 0 Å². The molecule has 1 unspecified atom stereocenters. The van der Waals surface area contributed by atoms with Crippen molar-refractivity contribution in [2.24, 2.45) is 10.1 Å². The van der Waals surface area contributed by atoms with Crippen LogP contribution in [0.15, 0.2) is 51.7 Å². The van der Waals surface area contributed by atoms with Gasteiger partial charge in [-0.05, 0) is 29.1 Å². The molecule has 0 saturated carbocycles. The number of guanidine groups is 1. The third-order valence-corrected chi connectivity index (χ3v) is 5.53. The quantitative estimate of drug-likeness (QED) is 0.537. The van der Waals surface area contributed by atoms with E-state index in [4.69, 9.17) is 5.14 Å². The Labute approximate surface area is 146 Å². The molecule has 8 heteroatoms. The normalized spacial score (nSPS) is 13.5. The van der Waals surface area contributed by atoms with Gasteiger partial charge in [-0.1, -0.05) is 25.1 Å². The van der Waals surface area contributed by atoms with Gasteiger partial charge in [-0.25, -0.2) is 13.6 Å². The van der Waals surface area contributed by atoms with E-state index in [2.05, 4.69) is 34.0 Å². The van der Waals surface area contributed by atoms with Gasteiger partial charge < -0.3 is 10.6 Å². The molecular formula is C16H22N4O2S2. The first-order chi connectivity index (χ1) is 11.4. The van der Waals surface area contributed by atoms with Crippen molar-refractivity contribution >= 4 is 27.3 Å². The SMILES string of the molecule is CN=C(NCc1cccc(S(N)(=O)=O)c1)NCC(C)c1cccs1. The summed E-state index contributed by atoms with van der Waals surface area (Å²) in [6, 6.07) is 10.7. The summed E-state index contributed by atoms with van der Waals surface area (Å²) in [5.74, 6) is 1.05. The van der Waals surface area contributed by atoms with Gasteiger partial charge >= 0.3 is 0 Å². The van der Waals surface area contributed by atoms with E-state index in [-0.39, 0.29) is 4.90 Å². The van der Waals surface area contributed by atoms with Gasteiger partial charge in [-0.15, -0.1) is 11.3 Å². The fourth-order valence-electron chi connectivity index (χ4n) is 2.16. The first-order valence-electron chi connectivity index (χ1n) is 7.50. The number of aliphatic imine (C=N–C) groups is 1. The monoisotopic (exact) mass is 366 g/mol. The van der Waals surface area contributed by atoms with E-state index >= 15 is 0 Å². The molecule has 0 fully saturated rings. The molecule has 0 bridgehead atoms. The summed E-state index contributed by atoms with van der Waals surface area (Å²) in [6.07, 6.45) is 0. The highest BCUT2D eigenvalue weighted by Crippen LogP contribution is 2.19. The van der Waals surface area contributed by atoms with E-state index < -0.39 is 10.0 Å². The Balaban J connectivity index is 1.90. The molecule has 1 aromatic heterocycles. The summed E-state index contributed by atoms with van der Waals surface area (Å²) in [5, 5.41) is 13.7. The van der Waals surface area contributed by atoms with E-state index in [9.17, 15) is 8.42 Å². The lowest BCUT2D eigenvalue weighted by Gasteiger charge is -2.15. The van der Waals surface area contributed by atoms with Crippen LogP contribution in [0.1, 0.15) is 23.3 Å². The van der Waals surface area contributed by atoms with Crippen LogP contribution in [0.25, 0.3) is 0 Å². The Morgan fingerprint density at radius 1 is 1.29 bits per heavy atom. The Bertz CT molecular complexity index is 786. The lowest BCUT2D eigenvalue weighted by Crippen LogP contribution is -2.38. The van der Waals surface area contributed by atoms with Crippen LogP contribution in [0.5, 0.6) is 0 Å². The molecule has 0 aliphatic heterocycles. The lowest BCUT2D eigenvalue weighted by atomic mass is 10.1. The van der Waals surface area contributed by atoms with Crippen LogP contribution < -0.4 is 15.8 Å². The minimum Gasteiger partial charge on any atom is -0.356 e. The maximum Gasteiger partial charge on any atom is 0.238 e. The molecule has 130 valence electrons. The van der Waals surface area contributed by atoms with E-state index in [0.717, 1.165) is 12.1 Å². The van der Waals surface area contributed by atoms with Gasteiger partial charge in [0, 0.05) is 30.9 Å². The fourth-order valence-corrected chi connectivity index (χ4v) is 3.53. The van der Waals surface area contributed by atoms with Crippen molar-refractivity contribution in [1.29, 1.82) is 0 Å². The van der Waals surface area contributed by atoms with Crippen LogP contribution in [0.4, 0.5) is 0 Å². The molecule has 0 saturated heterocycles. The average Bonchev–Trinajstić information content (AvgIpc) is 3.09. The first-order valence-corrected chi connectivity index (χ1v) is 9.92. The summed E-state index contributed by atoms with van der Waals surface area (Å²) in [7, 11) is -1.99. The second-order valence-electron chi connectivity index (χ2n) is 5.42. The molecule has 6 nitrogen and oxygen atoms in total. The molecule has 0 aliphatic carbocycles. The van der Waals surface area contributed by atoms with Gasteiger partial charge in [0.05, 0.1) is 4.90 Å². The van der Waals surface area contributed by atoms with Crippen LogP contribution in [0, 0.1) is 0 Å². The minimum atomic E-state index is -3.69. The molecule has 0 amide bonds. The Morgan fingerprint density at radius 2 is 2.08 bits per heavy atom. The zero-order valence-electron chi connectivity index (χ0n) is 13.7. The van der Waals surface area contributed by atoms with Gasteiger partial charge in [0.2, 0.25) is 10.0 Å². The first kappa shape index (κ1) is 18.4. The maximum atomic E-state index is 11.4. The van der Waals surface area contributed by atoms with Crippen molar-refractivity contribution in [3.05, 3.63) is 52.2 Å². The molecule has 2 rings (SSSR count). The molecule has 4 N–H and O–H groups in total. The average molecular weight is 367 g/mol. The van der Waals surface area contributed by atoms with E-state index in [1.165, 1.54) is 10.9 Å². The minimum absolute atomic E-state index is 0.107. The molecule has 0 aliphatic rings. The predicted octanol–water partition coefficient (Wildman–Crippen LogP) is 1.86. The molecule has 24 heavy (non-hydrogen) atoms. The third kappa shape index (κ3) is 5.33. The molecule has 2 aromatic rings. The number of primary sulfonamides is 1. The number of thiophene rings is 1. The molecule has 0 radical (unpaired) electrons. The highest BCUT2D eigenvalue weighted by atomic mass is 32.2. The van der Waals surface area contributed by atoms with Gasteiger partial charge in [0.15, 0.2) is 5.96 Å². The highest BCUT2D eigenvalue weighted by Gasteiger charge is 2.09. The lowest BCUT2D eigenvalue weighted by molar-refractivity contribution is 0.597. The number of sulfonamides is 1. The number of nitrogens with zero attached hydrogens (tertiary/aromatic N) is 1. The van der Waals surface area contributed by atoms with Crippen LogP contribution in [-0.2, 0) is 16.6 Å². The zero-order chi connectivity index (χ0) is 17.6. The van der Waals surface area contributed by atoms with E-state index in [1.807, 2.05) is 12.1 Å². The number of benzene rings is 1. The van der Waals surface area contributed by atoms with Crippen molar-refractivity contribution in [2.75, 3.05) is 13.6 Å². The number of hydrogen-bond acceptors (Lipinski definition) is 4. The Hall–Kier alpha value is -1.90. The van der Waals surface area contributed by atoms with Gasteiger partial charge in [-0.2, -0.15) is 0 Å². The smallest absolute Gasteiger partial charge is 0.238 e. The van der Waals surface area contributed by atoms with Crippen molar-refractivity contribution < 1.29 is 8.42 Å². The Kier molecular flexibility index (Phi) is 6.36. The molecular weight excluding hydrogens is 344 g/mol. The highest BCUT2D eigenvalue weighted by molar-refractivity contribution is 7.89. The maximum absolute atomic E-state index is 11.4. The summed E-state index contributed by atoms with van der Waals surface area (Å²) in [6.45, 7) is 3.37. The van der Waals surface area contributed by atoms with E-state index in [0.29, 0.717) is 18.4 Å². The second kappa shape index (κ2) is 8.27. The summed E-state index contributed by atoms with van der Waals surface area (Å²) >= 11 is 1.74. The van der Waals surface area contributed by atoms with Crippen LogP contribution >= 0.6 is 11.3 Å². The number of hydrogen-bond donors (Lipinski definition) is 3. The van der Waals surface area contributed by atoms with E-state index in [1.54, 1.807) is 30.5 Å². The summed E-state index contributed by atoms with van der Waals surface area (Å²) in [5.41, 5.74) is 0.816. The number of nitrogens with two attached hydrogens (primary N) is 1. The largest absolute Gasteiger partial charge is 0.356 e. The number of rotatable bonds is 6. The van der Waals surface area contributed by atoms with Crippen LogP contribution in [-0.4, -0.2) is 28.0 Å². The van der Waals surface area contributed by atoms with Gasteiger partial charge in [0.25, 0.3) is 0 Å². The summed E-state index contributed by atoms with van der Waals surface area (Å²) in [4.78, 5) is 5.61. The fraction of sp³-hybridized carbons (Fsp3) is 0.312. The van der Waals surface area contributed by atoms with Crippen molar-refractivity contribution in [3.63, 3.8) is 0 Å². The third-order valence-electron chi connectivity index (χ3n) is 3.52. The number of nitrogens with one attached hydrogen (secondary N) is 2. The van der Waals surface area contributed by atoms with Crippen molar-refractivity contribution in [3.8, 4) is 0 Å². The van der Waals surface area contributed by atoms with Crippen molar-refractivity contribution in [1.82, 2.24) is 10.6 Å². The Morgan fingerprint density at radius 3 is 2.71 bits per heavy atom. The standard InChI is InChI=1S/C16H22N4O2S2/c1-12(15-7-4-8-23-15)10-19-16(18-2)20-11-13-5-3-6-14(9-13)24(17,21)22/h3-9,12H,10-11H2,1-2H3,(H2,17,21,22)(H2,18,19,20). The van der Waals surface area contributed by atoms with Crippen molar-refractivity contribution in [2.45, 2.75) is 24.3 Å². The van der Waals surface area contributed by atoms with Crippen LogP contribution in [0.3, 0.4) is 0 Å².